The minimum Gasteiger partial charge on any atom is -0.383 e. The molecule has 0 aromatic carbocycles. The smallest absolute Gasteiger partial charge is 0.256 e. The van der Waals surface area contributed by atoms with E-state index in [1.807, 2.05) is 17.7 Å². The minimum atomic E-state index is -0.233. The van der Waals surface area contributed by atoms with Gasteiger partial charge in [0.2, 0.25) is 0 Å². The summed E-state index contributed by atoms with van der Waals surface area (Å²) < 4.78 is 1.89. The third kappa shape index (κ3) is 2.63. The molecule has 7 nitrogen and oxygen atoms in total. The zero-order chi connectivity index (χ0) is 12.3. The molecule has 7 heteroatoms. The number of hydrogen-bond acceptors (Lipinski definition) is 4. The number of nitrogens with two attached hydrogens (primary N) is 1. The summed E-state index contributed by atoms with van der Waals surface area (Å²) in [5, 5.41) is 9.05. The van der Waals surface area contributed by atoms with Gasteiger partial charge < -0.3 is 15.6 Å². The van der Waals surface area contributed by atoms with Crippen LogP contribution in [0.1, 0.15) is 17.3 Å². The maximum atomic E-state index is 11.8. The van der Waals surface area contributed by atoms with Gasteiger partial charge >= 0.3 is 0 Å². The molecule has 0 radical (unpaired) electrons. The third-order valence-electron chi connectivity index (χ3n) is 2.33. The van der Waals surface area contributed by atoms with Gasteiger partial charge in [-0.05, 0) is 6.92 Å². The Kier molecular flexibility index (Phi) is 3.08. The van der Waals surface area contributed by atoms with E-state index in [9.17, 15) is 4.79 Å². The van der Waals surface area contributed by atoms with Gasteiger partial charge in [0.1, 0.15) is 11.4 Å². The van der Waals surface area contributed by atoms with Crippen molar-refractivity contribution >= 4 is 11.7 Å². The number of aromatic nitrogens is 4. The maximum absolute atomic E-state index is 11.8. The number of rotatable bonds is 4. The summed E-state index contributed by atoms with van der Waals surface area (Å²) in [6, 6.07) is -0.0222. The van der Waals surface area contributed by atoms with Crippen molar-refractivity contribution < 1.29 is 4.79 Å². The molecule has 0 aliphatic heterocycles. The highest BCUT2D eigenvalue weighted by molar-refractivity contribution is 5.98. The lowest BCUT2D eigenvalue weighted by Crippen LogP contribution is -2.35. The quantitative estimate of drug-likeness (QED) is 0.693. The molecule has 0 saturated carbocycles. The van der Waals surface area contributed by atoms with Crippen LogP contribution in [0.5, 0.6) is 0 Å². The molecule has 1 amide bonds. The fraction of sp³-hybridized carbons (Fsp3) is 0.300. The molecular weight excluding hydrogens is 220 g/mol. The lowest BCUT2D eigenvalue weighted by Gasteiger charge is -2.13. The van der Waals surface area contributed by atoms with Crippen LogP contribution in [0.3, 0.4) is 0 Å². The van der Waals surface area contributed by atoms with E-state index >= 15 is 0 Å². The molecule has 17 heavy (non-hydrogen) atoms. The third-order valence-corrected chi connectivity index (χ3v) is 2.33. The normalized spacial score (nSPS) is 12.3. The van der Waals surface area contributed by atoms with Gasteiger partial charge in [0.15, 0.2) is 0 Å². The molecule has 0 aliphatic rings. The highest BCUT2D eigenvalue weighted by Gasteiger charge is 2.14. The summed E-state index contributed by atoms with van der Waals surface area (Å²) >= 11 is 0. The average molecular weight is 234 g/mol. The molecule has 0 saturated heterocycles. The Hall–Kier alpha value is -2.31. The molecule has 1 unspecified atom stereocenters. The van der Waals surface area contributed by atoms with Gasteiger partial charge in [-0.1, -0.05) is 0 Å². The standard InChI is InChI=1S/C10H14N6O/c1-7(5-16-3-2-12-6-16)14-10(17)8-4-13-15-9(8)11/h2-4,6-7H,5H2,1H3,(H,14,17)(H3,11,13,15). The van der Waals surface area contributed by atoms with Crippen LogP contribution in [0, 0.1) is 0 Å². The first-order valence-corrected chi connectivity index (χ1v) is 5.22. The van der Waals surface area contributed by atoms with E-state index in [0.717, 1.165) is 0 Å². The first-order valence-electron chi connectivity index (χ1n) is 5.22. The average Bonchev–Trinajstić information content (AvgIpc) is 2.88. The predicted molar refractivity (Wildman–Crippen MR) is 62.2 cm³/mol. The fourth-order valence-electron chi connectivity index (χ4n) is 1.54. The zero-order valence-corrected chi connectivity index (χ0v) is 9.42. The van der Waals surface area contributed by atoms with Gasteiger partial charge in [-0.3, -0.25) is 9.89 Å². The van der Waals surface area contributed by atoms with Gasteiger partial charge in [0.25, 0.3) is 5.91 Å². The molecule has 0 fully saturated rings. The SMILES string of the molecule is CC(Cn1ccnc1)NC(=O)c1cn[nH]c1N. The largest absolute Gasteiger partial charge is 0.383 e. The number of aromatic amines is 1. The molecular formula is C10H14N6O. The Labute approximate surface area is 98.0 Å². The van der Waals surface area contributed by atoms with Crippen LogP contribution in [-0.4, -0.2) is 31.7 Å². The number of anilines is 1. The second-order valence-electron chi connectivity index (χ2n) is 3.83. The van der Waals surface area contributed by atoms with Gasteiger partial charge in [0.05, 0.1) is 12.5 Å². The minimum absolute atomic E-state index is 0.0222. The summed E-state index contributed by atoms with van der Waals surface area (Å²) in [6.07, 6.45) is 6.65. The molecule has 0 aliphatic carbocycles. The van der Waals surface area contributed by atoms with E-state index in [0.29, 0.717) is 12.1 Å². The Bertz CT molecular complexity index is 489. The number of H-pyrrole nitrogens is 1. The van der Waals surface area contributed by atoms with Gasteiger partial charge in [-0.25, -0.2) is 4.98 Å². The van der Waals surface area contributed by atoms with Crippen molar-refractivity contribution in [2.45, 2.75) is 19.5 Å². The van der Waals surface area contributed by atoms with E-state index < -0.39 is 0 Å². The van der Waals surface area contributed by atoms with Crippen molar-refractivity contribution in [2.75, 3.05) is 5.73 Å². The summed E-state index contributed by atoms with van der Waals surface area (Å²) in [4.78, 5) is 15.7. The number of carbonyl (C=O) groups excluding carboxylic acids is 1. The van der Waals surface area contributed by atoms with Crippen LogP contribution in [0.2, 0.25) is 0 Å². The van der Waals surface area contributed by atoms with E-state index in [-0.39, 0.29) is 17.8 Å². The molecule has 1 atom stereocenters. The lowest BCUT2D eigenvalue weighted by atomic mass is 10.2. The van der Waals surface area contributed by atoms with Crippen LogP contribution < -0.4 is 11.1 Å². The van der Waals surface area contributed by atoms with E-state index in [1.165, 1.54) is 6.20 Å². The summed E-state index contributed by atoms with van der Waals surface area (Å²) in [7, 11) is 0. The molecule has 2 aromatic heterocycles. The van der Waals surface area contributed by atoms with Crippen molar-refractivity contribution in [3.05, 3.63) is 30.5 Å². The summed E-state index contributed by atoms with van der Waals surface area (Å²) in [6.45, 7) is 2.57. The summed E-state index contributed by atoms with van der Waals surface area (Å²) in [5.41, 5.74) is 5.92. The van der Waals surface area contributed by atoms with Crippen molar-refractivity contribution in [2.24, 2.45) is 0 Å². The molecule has 0 spiro atoms. The zero-order valence-electron chi connectivity index (χ0n) is 9.42. The Balaban J connectivity index is 1.93. The summed E-state index contributed by atoms with van der Waals surface area (Å²) in [5.74, 6) is 0.0428. The lowest BCUT2D eigenvalue weighted by molar-refractivity contribution is 0.0937. The highest BCUT2D eigenvalue weighted by Crippen LogP contribution is 2.05. The molecule has 0 bridgehead atoms. The fourth-order valence-corrected chi connectivity index (χ4v) is 1.54. The molecule has 2 aromatic rings. The molecule has 4 N–H and O–H groups in total. The second kappa shape index (κ2) is 4.69. The van der Waals surface area contributed by atoms with Gasteiger partial charge in [0, 0.05) is 25.0 Å². The second-order valence-corrected chi connectivity index (χ2v) is 3.83. The number of carbonyl (C=O) groups is 1. The topological polar surface area (TPSA) is 102 Å². The monoisotopic (exact) mass is 234 g/mol. The first-order chi connectivity index (χ1) is 8.16. The Morgan fingerprint density at radius 2 is 2.53 bits per heavy atom. The Morgan fingerprint density at radius 1 is 1.71 bits per heavy atom. The number of amides is 1. The van der Waals surface area contributed by atoms with Crippen LogP contribution in [0.4, 0.5) is 5.82 Å². The number of imidazole rings is 1. The van der Waals surface area contributed by atoms with Crippen LogP contribution in [0.15, 0.2) is 24.9 Å². The van der Waals surface area contributed by atoms with Crippen molar-refractivity contribution in [3.63, 3.8) is 0 Å². The molecule has 2 heterocycles. The number of nitrogens with zero attached hydrogens (tertiary/aromatic N) is 3. The van der Waals surface area contributed by atoms with E-state index in [1.54, 1.807) is 12.5 Å². The van der Waals surface area contributed by atoms with Gasteiger partial charge in [-0.2, -0.15) is 5.10 Å². The van der Waals surface area contributed by atoms with Crippen LogP contribution >= 0.6 is 0 Å². The molecule has 90 valence electrons. The number of nitrogens with one attached hydrogen (secondary N) is 2. The van der Waals surface area contributed by atoms with Crippen molar-refractivity contribution in [1.29, 1.82) is 0 Å². The highest BCUT2D eigenvalue weighted by atomic mass is 16.1. The van der Waals surface area contributed by atoms with Crippen molar-refractivity contribution in [1.82, 2.24) is 25.1 Å². The first kappa shape index (κ1) is 11.2. The Morgan fingerprint density at radius 3 is 3.12 bits per heavy atom. The van der Waals surface area contributed by atoms with E-state index in [4.69, 9.17) is 5.73 Å². The predicted octanol–water partition coefficient (Wildman–Crippen LogP) is 0.00690. The molecule has 2 rings (SSSR count). The number of hydrogen-bond donors (Lipinski definition) is 3. The number of nitrogen functional groups attached to an aromatic ring is 1. The maximum Gasteiger partial charge on any atom is 0.256 e. The van der Waals surface area contributed by atoms with Crippen LogP contribution in [0.25, 0.3) is 0 Å². The van der Waals surface area contributed by atoms with Crippen LogP contribution in [-0.2, 0) is 6.54 Å². The van der Waals surface area contributed by atoms with Gasteiger partial charge in [-0.15, -0.1) is 0 Å². The van der Waals surface area contributed by atoms with E-state index in [2.05, 4.69) is 20.5 Å². The van der Waals surface area contributed by atoms with Crippen molar-refractivity contribution in [3.8, 4) is 0 Å².